The molecule has 1 unspecified atom stereocenters. The van der Waals surface area contributed by atoms with Crippen LogP contribution in [0.25, 0.3) is 16.6 Å². The van der Waals surface area contributed by atoms with Crippen molar-refractivity contribution in [3.05, 3.63) is 64.4 Å². The largest absolute Gasteiger partial charge is 0.496 e. The number of aromatic nitrogens is 4. The highest BCUT2D eigenvalue weighted by Gasteiger charge is 2.32. The summed E-state index contributed by atoms with van der Waals surface area (Å²) in [6, 6.07) is 12.0. The van der Waals surface area contributed by atoms with E-state index in [-0.39, 0.29) is 11.9 Å². The van der Waals surface area contributed by atoms with Gasteiger partial charge in [0.2, 0.25) is 0 Å². The zero-order chi connectivity index (χ0) is 22.2. The van der Waals surface area contributed by atoms with Gasteiger partial charge < -0.3 is 9.64 Å². The van der Waals surface area contributed by atoms with Gasteiger partial charge in [0.25, 0.3) is 5.91 Å². The maximum absolute atomic E-state index is 13.0. The van der Waals surface area contributed by atoms with Crippen molar-refractivity contribution < 1.29 is 9.53 Å². The van der Waals surface area contributed by atoms with Gasteiger partial charge in [-0.05, 0) is 26.1 Å². The summed E-state index contributed by atoms with van der Waals surface area (Å²) >= 11 is 1.50. The van der Waals surface area contributed by atoms with Crippen LogP contribution in [0.1, 0.15) is 27.2 Å². The minimum atomic E-state index is -0.0398. The normalized spacial score (nSPS) is 17.1. The van der Waals surface area contributed by atoms with E-state index in [1.807, 2.05) is 53.7 Å². The van der Waals surface area contributed by atoms with E-state index in [2.05, 4.69) is 33.3 Å². The fraction of sp³-hybridized carbons (Fsp3) is 0.304. The summed E-state index contributed by atoms with van der Waals surface area (Å²) in [5.41, 5.74) is 4.31. The maximum atomic E-state index is 13.0. The Hall–Kier alpha value is -3.30. The van der Waals surface area contributed by atoms with Crippen LogP contribution in [0.5, 0.6) is 5.75 Å². The van der Waals surface area contributed by atoms with Gasteiger partial charge in [0.1, 0.15) is 17.1 Å². The fourth-order valence-electron chi connectivity index (χ4n) is 4.17. The molecule has 32 heavy (non-hydrogen) atoms. The molecule has 5 rings (SSSR count). The molecule has 1 aliphatic heterocycles. The molecule has 9 heteroatoms. The lowest BCUT2D eigenvalue weighted by Crippen LogP contribution is -2.49. The summed E-state index contributed by atoms with van der Waals surface area (Å²) in [6.45, 7) is 3.89. The first kappa shape index (κ1) is 20.6. The molecule has 164 valence electrons. The summed E-state index contributed by atoms with van der Waals surface area (Å²) < 4.78 is 7.31. The molecular formula is C23H24N6O2S. The van der Waals surface area contributed by atoms with Crippen molar-refractivity contribution in [1.82, 2.24) is 29.6 Å². The number of methoxy groups -OCH3 is 1. The molecule has 8 nitrogen and oxygen atoms in total. The number of rotatable bonds is 4. The molecular weight excluding hydrogens is 424 g/mol. The zero-order valence-corrected chi connectivity index (χ0v) is 19.0. The van der Waals surface area contributed by atoms with E-state index in [0.717, 1.165) is 39.6 Å². The lowest BCUT2D eigenvalue weighted by Gasteiger charge is -2.38. The number of hydrogen-bond donors (Lipinski definition) is 0. The van der Waals surface area contributed by atoms with Crippen molar-refractivity contribution in [3.8, 4) is 16.9 Å². The summed E-state index contributed by atoms with van der Waals surface area (Å²) in [7, 11) is 3.73. The van der Waals surface area contributed by atoms with E-state index in [1.54, 1.807) is 11.6 Å². The van der Waals surface area contributed by atoms with Crippen LogP contribution in [0, 0.1) is 6.92 Å². The van der Waals surface area contributed by atoms with Gasteiger partial charge in [0.05, 0.1) is 23.7 Å². The number of para-hydroxylation sites is 1. The molecule has 4 aromatic rings. The second-order valence-electron chi connectivity index (χ2n) is 7.92. The van der Waals surface area contributed by atoms with Gasteiger partial charge in [-0.25, -0.2) is 9.50 Å². The van der Waals surface area contributed by atoms with Crippen LogP contribution in [-0.4, -0.2) is 69.3 Å². The van der Waals surface area contributed by atoms with E-state index in [1.165, 1.54) is 11.3 Å². The van der Waals surface area contributed by atoms with Crippen LogP contribution in [0.4, 0.5) is 0 Å². The van der Waals surface area contributed by atoms with Crippen LogP contribution in [0.2, 0.25) is 0 Å². The van der Waals surface area contributed by atoms with Crippen LogP contribution in [0.3, 0.4) is 0 Å². The molecule has 1 amide bonds. The molecule has 0 aliphatic carbocycles. The Morgan fingerprint density at radius 1 is 1.19 bits per heavy atom. The maximum Gasteiger partial charge on any atom is 0.273 e. The summed E-state index contributed by atoms with van der Waals surface area (Å²) in [6.07, 6.45) is 1.97. The SMILES string of the molecule is COc1ccccc1-c1ccc2c(C3CN(C(=O)c4csc(C)n4)CCN3C)nnn2c1. The third kappa shape index (κ3) is 3.63. The van der Waals surface area contributed by atoms with Gasteiger partial charge in [-0.3, -0.25) is 9.69 Å². The molecule has 1 atom stereocenters. The van der Waals surface area contributed by atoms with Gasteiger partial charge in [0, 0.05) is 42.3 Å². The Labute approximate surface area is 190 Å². The van der Waals surface area contributed by atoms with Crippen LogP contribution >= 0.6 is 11.3 Å². The number of amides is 1. The number of carbonyl (C=O) groups is 1. The topological polar surface area (TPSA) is 75.9 Å². The number of benzene rings is 1. The highest BCUT2D eigenvalue weighted by Crippen LogP contribution is 2.32. The molecule has 1 fully saturated rings. The average Bonchev–Trinajstić information content (AvgIpc) is 3.44. The first-order chi connectivity index (χ1) is 15.5. The van der Waals surface area contributed by atoms with Gasteiger partial charge in [-0.15, -0.1) is 16.4 Å². The third-order valence-corrected chi connectivity index (χ3v) is 6.72. The lowest BCUT2D eigenvalue weighted by atomic mass is 10.0. The quantitative estimate of drug-likeness (QED) is 0.477. The standard InChI is InChI=1S/C23H24N6O2S/c1-15-24-18(14-32-15)23(30)28-11-10-27(2)20(13-28)22-19-9-8-16(12-29(19)26-25-22)17-6-4-5-7-21(17)31-3/h4-9,12,14,20H,10-11,13H2,1-3H3. The molecule has 1 aliphatic rings. The predicted octanol–water partition coefficient (Wildman–Crippen LogP) is 3.30. The molecule has 1 saturated heterocycles. The number of likely N-dealkylation sites (N-methyl/N-ethyl adjacent to an activating group) is 1. The second kappa shape index (κ2) is 8.33. The number of piperazine rings is 1. The summed E-state index contributed by atoms with van der Waals surface area (Å²) in [5, 5.41) is 11.6. The molecule has 0 bridgehead atoms. The van der Waals surface area contributed by atoms with E-state index in [9.17, 15) is 4.79 Å². The first-order valence-electron chi connectivity index (χ1n) is 10.4. The second-order valence-corrected chi connectivity index (χ2v) is 8.98. The number of aryl methyl sites for hydroxylation is 1. The van der Waals surface area contributed by atoms with Crippen molar-refractivity contribution >= 4 is 22.8 Å². The first-order valence-corrected chi connectivity index (χ1v) is 11.3. The van der Waals surface area contributed by atoms with Crippen molar-refractivity contribution in [1.29, 1.82) is 0 Å². The van der Waals surface area contributed by atoms with Crippen molar-refractivity contribution in [2.75, 3.05) is 33.8 Å². The minimum Gasteiger partial charge on any atom is -0.496 e. The predicted molar refractivity (Wildman–Crippen MR) is 123 cm³/mol. The van der Waals surface area contributed by atoms with E-state index < -0.39 is 0 Å². The summed E-state index contributed by atoms with van der Waals surface area (Å²) in [5.74, 6) is 0.785. The van der Waals surface area contributed by atoms with Crippen LogP contribution in [0.15, 0.2) is 48.0 Å². The number of fused-ring (bicyclic) bond motifs is 1. The number of thiazole rings is 1. The van der Waals surface area contributed by atoms with E-state index in [0.29, 0.717) is 18.8 Å². The Morgan fingerprint density at radius 3 is 2.81 bits per heavy atom. The summed E-state index contributed by atoms with van der Waals surface area (Å²) in [4.78, 5) is 21.4. The van der Waals surface area contributed by atoms with Crippen LogP contribution < -0.4 is 4.74 Å². The average molecular weight is 449 g/mol. The Balaban J connectivity index is 1.45. The number of pyridine rings is 1. The van der Waals surface area contributed by atoms with Gasteiger partial charge in [-0.1, -0.05) is 29.5 Å². The molecule has 1 aromatic carbocycles. The van der Waals surface area contributed by atoms with E-state index in [4.69, 9.17) is 4.74 Å². The Bertz CT molecular complexity index is 1280. The molecule has 0 N–H and O–H groups in total. The number of ether oxygens (including phenoxy) is 1. The van der Waals surface area contributed by atoms with Gasteiger partial charge in [0.15, 0.2) is 0 Å². The van der Waals surface area contributed by atoms with Crippen molar-refractivity contribution in [2.45, 2.75) is 13.0 Å². The van der Waals surface area contributed by atoms with E-state index >= 15 is 0 Å². The number of nitrogens with zero attached hydrogens (tertiary/aromatic N) is 6. The molecule has 4 heterocycles. The molecule has 0 spiro atoms. The van der Waals surface area contributed by atoms with Gasteiger partial charge >= 0.3 is 0 Å². The minimum absolute atomic E-state index is 0.0256. The van der Waals surface area contributed by atoms with Crippen molar-refractivity contribution in [3.63, 3.8) is 0 Å². The molecule has 3 aromatic heterocycles. The smallest absolute Gasteiger partial charge is 0.273 e. The Kier molecular flexibility index (Phi) is 5.36. The van der Waals surface area contributed by atoms with Crippen molar-refractivity contribution in [2.24, 2.45) is 0 Å². The number of carbonyl (C=O) groups excluding carboxylic acids is 1. The lowest BCUT2D eigenvalue weighted by molar-refractivity contribution is 0.0537. The monoisotopic (exact) mass is 448 g/mol. The fourth-order valence-corrected chi connectivity index (χ4v) is 4.76. The number of hydrogen-bond acceptors (Lipinski definition) is 7. The Morgan fingerprint density at radius 2 is 2.03 bits per heavy atom. The highest BCUT2D eigenvalue weighted by atomic mass is 32.1. The highest BCUT2D eigenvalue weighted by molar-refractivity contribution is 7.09. The van der Waals surface area contributed by atoms with Crippen LogP contribution in [-0.2, 0) is 0 Å². The third-order valence-electron chi connectivity index (χ3n) is 5.95. The molecule has 0 saturated carbocycles. The molecule has 0 radical (unpaired) electrons. The zero-order valence-electron chi connectivity index (χ0n) is 18.2. The van der Waals surface area contributed by atoms with Gasteiger partial charge in [-0.2, -0.15) is 0 Å².